The maximum Gasteiger partial charge on any atom is 0.193 e. The van der Waals surface area contributed by atoms with Gasteiger partial charge < -0.3 is 5.11 Å². The second-order valence-electron chi connectivity index (χ2n) is 4.69. The summed E-state index contributed by atoms with van der Waals surface area (Å²) in [5.41, 5.74) is 3.65. The number of rotatable bonds is 2. The van der Waals surface area contributed by atoms with E-state index in [0.717, 1.165) is 24.0 Å². The Morgan fingerprint density at radius 3 is 2.53 bits per heavy atom. The van der Waals surface area contributed by atoms with E-state index >= 15 is 0 Å². The van der Waals surface area contributed by atoms with Gasteiger partial charge in [-0.3, -0.25) is 4.79 Å². The lowest BCUT2D eigenvalue weighted by Crippen LogP contribution is -2.08. The maximum absolute atomic E-state index is 12.5. The van der Waals surface area contributed by atoms with E-state index in [2.05, 4.69) is 6.07 Å². The average Bonchev–Trinajstić information content (AvgIpc) is 2.47. The lowest BCUT2D eigenvalue weighted by molar-refractivity contribution is 0.105. The minimum atomic E-state index is 0.0205. The topological polar surface area (TPSA) is 37.3 Å². The Morgan fingerprint density at radius 1 is 1.00 bits per heavy atom. The molecule has 0 atom stereocenters. The molecule has 2 heteroatoms. The molecule has 0 heterocycles. The van der Waals surface area contributed by atoms with E-state index in [1.807, 2.05) is 24.3 Å². The molecular weight excluding hydrogens is 236 g/mol. The molecule has 0 aromatic heterocycles. The van der Waals surface area contributed by atoms with E-state index in [9.17, 15) is 9.90 Å². The molecule has 1 aliphatic carbocycles. The molecule has 0 amide bonds. The molecule has 19 heavy (non-hydrogen) atoms. The van der Waals surface area contributed by atoms with Crippen molar-refractivity contribution in [1.82, 2.24) is 0 Å². The van der Waals surface area contributed by atoms with E-state index in [4.69, 9.17) is 0 Å². The lowest BCUT2D eigenvalue weighted by Gasteiger charge is -2.16. The van der Waals surface area contributed by atoms with Crippen LogP contribution in [0.5, 0.6) is 5.75 Å². The first kappa shape index (κ1) is 11.7. The van der Waals surface area contributed by atoms with Gasteiger partial charge in [0.05, 0.1) is 0 Å². The summed E-state index contributed by atoms with van der Waals surface area (Å²) < 4.78 is 0. The van der Waals surface area contributed by atoms with Crippen LogP contribution in [0.4, 0.5) is 0 Å². The third-order valence-electron chi connectivity index (χ3n) is 3.44. The fourth-order valence-electron chi connectivity index (χ4n) is 2.47. The molecule has 0 unspecified atom stereocenters. The zero-order valence-corrected chi connectivity index (χ0v) is 10.5. The minimum Gasteiger partial charge on any atom is -0.508 e. The molecule has 2 aromatic carbocycles. The molecule has 2 nitrogen and oxygen atoms in total. The number of fused-ring (bicyclic) bond motifs is 1. The number of hydrogen-bond acceptors (Lipinski definition) is 2. The monoisotopic (exact) mass is 250 g/mol. The summed E-state index contributed by atoms with van der Waals surface area (Å²) in [4.78, 5) is 12.5. The van der Waals surface area contributed by atoms with Gasteiger partial charge in [0.2, 0.25) is 0 Å². The van der Waals surface area contributed by atoms with Crippen LogP contribution < -0.4 is 0 Å². The Labute approximate surface area is 112 Å². The Bertz CT molecular complexity index is 651. The third-order valence-corrected chi connectivity index (χ3v) is 3.44. The summed E-state index contributed by atoms with van der Waals surface area (Å²) in [6.45, 7) is 0. The summed E-state index contributed by atoms with van der Waals surface area (Å²) >= 11 is 0. The molecule has 0 saturated carbocycles. The second kappa shape index (κ2) is 4.73. The molecule has 0 spiro atoms. The van der Waals surface area contributed by atoms with Crippen LogP contribution in [0.2, 0.25) is 0 Å². The molecule has 94 valence electrons. The summed E-state index contributed by atoms with van der Waals surface area (Å²) in [6.07, 6.45) is 3.90. The van der Waals surface area contributed by atoms with Crippen molar-refractivity contribution in [3.05, 3.63) is 71.3 Å². The van der Waals surface area contributed by atoms with Gasteiger partial charge in [-0.2, -0.15) is 0 Å². The third kappa shape index (κ3) is 2.17. The standard InChI is InChI=1S/C17H14O2/c18-14-10-8-13(9-11-14)17(19)16-7-3-5-12-4-1-2-6-15(12)16/h1-2,4,6-11,18H,3,5H2. The Hall–Kier alpha value is -2.35. The molecule has 1 N–H and O–H groups in total. The van der Waals surface area contributed by atoms with Gasteiger partial charge in [-0.1, -0.05) is 30.3 Å². The van der Waals surface area contributed by atoms with Crippen LogP contribution in [-0.4, -0.2) is 10.9 Å². The van der Waals surface area contributed by atoms with Crippen LogP contribution >= 0.6 is 0 Å². The summed E-state index contributed by atoms with van der Waals surface area (Å²) in [6, 6.07) is 14.5. The number of phenolic OH excluding ortho intramolecular Hbond substituents is 1. The van der Waals surface area contributed by atoms with Gasteiger partial charge in [-0.05, 0) is 48.2 Å². The summed E-state index contributed by atoms with van der Waals surface area (Å²) in [5.74, 6) is 0.196. The van der Waals surface area contributed by atoms with Gasteiger partial charge in [0.25, 0.3) is 0 Å². The van der Waals surface area contributed by atoms with Crippen molar-refractivity contribution in [2.45, 2.75) is 12.8 Å². The molecule has 3 rings (SSSR count). The summed E-state index contributed by atoms with van der Waals surface area (Å²) in [7, 11) is 0. The van der Waals surface area contributed by atoms with Crippen molar-refractivity contribution < 1.29 is 9.90 Å². The van der Waals surface area contributed by atoms with Gasteiger partial charge in [0.1, 0.15) is 5.75 Å². The molecular formula is C17H14O2. The van der Waals surface area contributed by atoms with E-state index in [1.54, 1.807) is 24.3 Å². The number of allylic oxidation sites excluding steroid dienone is 2. The summed E-state index contributed by atoms with van der Waals surface area (Å²) in [5, 5.41) is 9.28. The second-order valence-corrected chi connectivity index (χ2v) is 4.69. The van der Waals surface area contributed by atoms with E-state index < -0.39 is 0 Å². The van der Waals surface area contributed by atoms with Crippen LogP contribution in [0, 0.1) is 0 Å². The molecule has 0 radical (unpaired) electrons. The largest absolute Gasteiger partial charge is 0.508 e. The number of benzene rings is 2. The lowest BCUT2D eigenvalue weighted by atomic mass is 9.87. The number of carbonyl (C=O) groups excluding carboxylic acids is 1. The molecule has 2 aromatic rings. The van der Waals surface area contributed by atoms with Crippen molar-refractivity contribution in [1.29, 1.82) is 0 Å². The number of aryl methyl sites for hydroxylation is 1. The van der Waals surface area contributed by atoms with Gasteiger partial charge in [-0.15, -0.1) is 0 Å². The Balaban J connectivity index is 2.01. The van der Waals surface area contributed by atoms with Crippen molar-refractivity contribution in [3.63, 3.8) is 0 Å². The predicted octanol–water partition coefficient (Wildman–Crippen LogP) is 3.60. The first-order valence-electron chi connectivity index (χ1n) is 6.38. The molecule has 0 fully saturated rings. The van der Waals surface area contributed by atoms with Crippen LogP contribution in [0.15, 0.2) is 54.6 Å². The van der Waals surface area contributed by atoms with Crippen molar-refractivity contribution in [2.24, 2.45) is 0 Å². The highest BCUT2D eigenvalue weighted by Gasteiger charge is 2.19. The fourth-order valence-corrected chi connectivity index (χ4v) is 2.47. The number of ketones is 1. The number of Topliss-reactive ketones (excluding diaryl/α,β-unsaturated/α-hetero) is 1. The minimum absolute atomic E-state index is 0.0205. The van der Waals surface area contributed by atoms with Gasteiger partial charge >= 0.3 is 0 Å². The number of phenols is 1. The molecule has 0 bridgehead atoms. The van der Waals surface area contributed by atoms with Gasteiger partial charge in [-0.25, -0.2) is 0 Å². The zero-order chi connectivity index (χ0) is 13.2. The fraction of sp³-hybridized carbons (Fsp3) is 0.118. The highest BCUT2D eigenvalue weighted by molar-refractivity contribution is 6.29. The molecule has 1 aliphatic rings. The SMILES string of the molecule is O=C(C1=CCCc2ccccc21)c1ccc(O)cc1. The molecule has 0 aliphatic heterocycles. The molecule has 0 saturated heterocycles. The average molecular weight is 250 g/mol. The predicted molar refractivity (Wildman–Crippen MR) is 75.2 cm³/mol. The first-order chi connectivity index (χ1) is 9.25. The van der Waals surface area contributed by atoms with Gasteiger partial charge in [0, 0.05) is 11.1 Å². The van der Waals surface area contributed by atoms with E-state index in [-0.39, 0.29) is 11.5 Å². The smallest absolute Gasteiger partial charge is 0.193 e. The van der Waals surface area contributed by atoms with Crippen molar-refractivity contribution >= 4 is 11.4 Å². The maximum atomic E-state index is 12.5. The van der Waals surface area contributed by atoms with E-state index in [1.165, 1.54) is 5.56 Å². The van der Waals surface area contributed by atoms with Crippen LogP contribution in [0.25, 0.3) is 5.57 Å². The van der Waals surface area contributed by atoms with Crippen molar-refractivity contribution in [2.75, 3.05) is 0 Å². The van der Waals surface area contributed by atoms with Gasteiger partial charge in [0.15, 0.2) is 5.78 Å². The first-order valence-corrected chi connectivity index (χ1v) is 6.38. The normalized spacial score (nSPS) is 13.6. The highest BCUT2D eigenvalue weighted by Crippen LogP contribution is 2.29. The number of aromatic hydroxyl groups is 1. The van der Waals surface area contributed by atoms with E-state index in [0.29, 0.717) is 5.56 Å². The Kier molecular flexibility index (Phi) is 2.92. The van der Waals surface area contributed by atoms with Crippen molar-refractivity contribution in [3.8, 4) is 5.75 Å². The number of carbonyl (C=O) groups is 1. The van der Waals surface area contributed by atoms with Crippen LogP contribution in [0.1, 0.15) is 27.9 Å². The number of hydrogen-bond donors (Lipinski definition) is 1. The highest BCUT2D eigenvalue weighted by atomic mass is 16.3. The quantitative estimate of drug-likeness (QED) is 0.827. The van der Waals surface area contributed by atoms with Crippen LogP contribution in [-0.2, 0) is 6.42 Å². The zero-order valence-electron chi connectivity index (χ0n) is 10.5. The van der Waals surface area contributed by atoms with Crippen LogP contribution in [0.3, 0.4) is 0 Å². The Morgan fingerprint density at radius 2 is 1.74 bits per heavy atom.